The summed E-state index contributed by atoms with van der Waals surface area (Å²) < 4.78 is 0. The fourth-order valence-electron chi connectivity index (χ4n) is 2.68. The molecule has 0 aliphatic carbocycles. The molecular formula is C20H36NP. The number of allylic oxidation sites excluding steroid dienone is 1. The van der Waals surface area contributed by atoms with Crippen LogP contribution in [0.15, 0.2) is 30.2 Å². The van der Waals surface area contributed by atoms with Crippen molar-refractivity contribution in [3.05, 3.63) is 46.6 Å². The Morgan fingerprint density at radius 3 is 2.18 bits per heavy atom. The Kier molecular flexibility index (Phi) is 8.26. The summed E-state index contributed by atoms with van der Waals surface area (Å²) >= 11 is 0. The Labute approximate surface area is 140 Å². The SMILES string of the molecule is C.C=C1CCC(C)(C)N(CCC)C1=C.Cc1c[pH]c(C)c1C. The van der Waals surface area contributed by atoms with Crippen molar-refractivity contribution >= 4 is 8.19 Å². The molecule has 1 fully saturated rings. The Morgan fingerprint density at radius 2 is 1.82 bits per heavy atom. The van der Waals surface area contributed by atoms with Gasteiger partial charge in [-0.05, 0) is 81.7 Å². The maximum absolute atomic E-state index is 4.12. The van der Waals surface area contributed by atoms with Crippen molar-refractivity contribution < 1.29 is 0 Å². The average Bonchev–Trinajstić information content (AvgIpc) is 2.72. The van der Waals surface area contributed by atoms with Crippen LogP contribution >= 0.6 is 8.19 Å². The van der Waals surface area contributed by atoms with Crippen molar-refractivity contribution in [1.82, 2.24) is 4.90 Å². The van der Waals surface area contributed by atoms with E-state index in [0.29, 0.717) is 0 Å². The minimum Gasteiger partial charge on any atom is -0.367 e. The highest BCUT2D eigenvalue weighted by atomic mass is 31.0. The third-order valence-electron chi connectivity index (χ3n) is 4.61. The zero-order chi connectivity index (χ0) is 16.2. The van der Waals surface area contributed by atoms with Gasteiger partial charge in [-0.25, -0.2) is 0 Å². The van der Waals surface area contributed by atoms with Crippen molar-refractivity contribution in [3.63, 3.8) is 0 Å². The smallest absolute Gasteiger partial charge is 0.0349 e. The number of hydrogen-bond donors (Lipinski definition) is 0. The lowest BCUT2D eigenvalue weighted by Gasteiger charge is -2.46. The van der Waals surface area contributed by atoms with E-state index in [-0.39, 0.29) is 13.0 Å². The van der Waals surface area contributed by atoms with Gasteiger partial charge in [0.25, 0.3) is 0 Å². The van der Waals surface area contributed by atoms with Crippen molar-refractivity contribution in [3.8, 4) is 0 Å². The van der Waals surface area contributed by atoms with Gasteiger partial charge in [-0.2, -0.15) is 0 Å². The first kappa shape index (κ1) is 21.1. The average molecular weight is 321 g/mol. The van der Waals surface area contributed by atoms with Gasteiger partial charge in [0, 0.05) is 17.8 Å². The second-order valence-corrected chi connectivity index (χ2v) is 8.06. The molecule has 22 heavy (non-hydrogen) atoms. The minimum atomic E-state index is 0. The number of nitrogens with zero attached hydrogens (tertiary/aromatic N) is 1. The van der Waals surface area contributed by atoms with E-state index in [4.69, 9.17) is 0 Å². The molecule has 2 heteroatoms. The summed E-state index contributed by atoms with van der Waals surface area (Å²) in [6.45, 7) is 22.6. The molecule has 126 valence electrons. The highest BCUT2D eigenvalue weighted by molar-refractivity contribution is 7.30. The molecule has 1 aliphatic rings. The van der Waals surface area contributed by atoms with Gasteiger partial charge in [0.05, 0.1) is 0 Å². The topological polar surface area (TPSA) is 3.24 Å². The van der Waals surface area contributed by atoms with Gasteiger partial charge in [-0.15, -0.1) is 8.19 Å². The number of likely N-dealkylation sites (tertiary alicyclic amines) is 1. The second-order valence-electron chi connectivity index (χ2n) is 6.74. The Morgan fingerprint density at radius 1 is 1.23 bits per heavy atom. The van der Waals surface area contributed by atoms with E-state index in [9.17, 15) is 0 Å². The van der Waals surface area contributed by atoms with Crippen LogP contribution < -0.4 is 0 Å². The summed E-state index contributed by atoms with van der Waals surface area (Å²) in [6.07, 6.45) is 3.48. The zero-order valence-electron chi connectivity index (χ0n) is 14.8. The van der Waals surface area contributed by atoms with Crippen molar-refractivity contribution in [2.75, 3.05) is 6.54 Å². The monoisotopic (exact) mass is 321 g/mol. The standard InChI is InChI=1S/C12H21N.C7H11P.CH4/c1-6-9-13-11(3)10(2)7-8-12(13,4)5;1-5-4-8-7(3)6(5)2;/h2-3,6-9H2,1,4-5H3;4,8H,1-3H3;1H4. The molecule has 1 aromatic heterocycles. The minimum absolute atomic E-state index is 0. The first-order chi connectivity index (χ1) is 9.70. The van der Waals surface area contributed by atoms with Crippen LogP contribution in [0.25, 0.3) is 0 Å². The molecule has 1 aliphatic heterocycles. The van der Waals surface area contributed by atoms with Gasteiger partial charge in [-0.3, -0.25) is 0 Å². The van der Waals surface area contributed by atoms with Crippen LogP contribution in [-0.4, -0.2) is 17.0 Å². The van der Waals surface area contributed by atoms with E-state index >= 15 is 0 Å². The molecule has 0 N–H and O–H groups in total. The lowest BCUT2D eigenvalue weighted by molar-refractivity contribution is 0.141. The Bertz CT molecular complexity index is 488. The molecule has 2 rings (SSSR count). The van der Waals surface area contributed by atoms with Crippen LogP contribution in [0.2, 0.25) is 0 Å². The van der Waals surface area contributed by atoms with Crippen molar-refractivity contribution in [2.45, 2.75) is 73.8 Å². The van der Waals surface area contributed by atoms with Crippen LogP contribution in [0.1, 0.15) is 63.9 Å². The normalized spacial score (nSPS) is 17.1. The van der Waals surface area contributed by atoms with Crippen molar-refractivity contribution in [2.24, 2.45) is 0 Å². The van der Waals surface area contributed by atoms with E-state index in [0.717, 1.165) is 26.9 Å². The predicted molar refractivity (Wildman–Crippen MR) is 105 cm³/mol. The van der Waals surface area contributed by atoms with E-state index in [1.165, 1.54) is 29.5 Å². The summed E-state index contributed by atoms with van der Waals surface area (Å²) in [7, 11) is 0.961. The molecule has 1 saturated heterocycles. The van der Waals surface area contributed by atoms with Gasteiger partial charge < -0.3 is 4.90 Å². The third-order valence-corrected chi connectivity index (χ3v) is 5.99. The van der Waals surface area contributed by atoms with E-state index < -0.39 is 0 Å². The number of piperidine rings is 1. The summed E-state index contributed by atoms with van der Waals surface area (Å²) in [5.74, 6) is 2.31. The Balaban J connectivity index is 0.000000423. The molecular weight excluding hydrogens is 285 g/mol. The maximum Gasteiger partial charge on any atom is 0.0349 e. The number of aryl methyl sites for hydroxylation is 2. The quantitative estimate of drug-likeness (QED) is 0.591. The third kappa shape index (κ3) is 5.06. The van der Waals surface area contributed by atoms with E-state index in [1.807, 2.05) is 0 Å². The highest BCUT2D eigenvalue weighted by Gasteiger charge is 2.31. The molecule has 0 aromatic carbocycles. The number of hydrogen-bond acceptors (Lipinski definition) is 1. The van der Waals surface area contributed by atoms with E-state index in [1.54, 1.807) is 5.30 Å². The first-order valence-electron chi connectivity index (χ1n) is 7.96. The fraction of sp³-hybridized carbons (Fsp3) is 0.600. The summed E-state index contributed by atoms with van der Waals surface area (Å²) in [5.41, 5.74) is 5.61. The van der Waals surface area contributed by atoms with Crippen LogP contribution in [-0.2, 0) is 0 Å². The molecule has 0 saturated carbocycles. The van der Waals surface area contributed by atoms with Gasteiger partial charge >= 0.3 is 0 Å². The molecule has 1 nitrogen and oxygen atoms in total. The van der Waals surface area contributed by atoms with Crippen LogP contribution in [0, 0.1) is 20.8 Å². The van der Waals surface area contributed by atoms with Gasteiger partial charge in [-0.1, -0.05) is 27.5 Å². The number of rotatable bonds is 2. The molecule has 1 unspecified atom stereocenters. The van der Waals surface area contributed by atoms with Gasteiger partial charge in [0.15, 0.2) is 0 Å². The predicted octanol–water partition coefficient (Wildman–Crippen LogP) is 6.62. The zero-order valence-corrected chi connectivity index (χ0v) is 15.8. The Hall–Kier alpha value is -0.940. The molecule has 1 aromatic rings. The molecule has 0 radical (unpaired) electrons. The highest BCUT2D eigenvalue weighted by Crippen LogP contribution is 2.35. The molecule has 1 atom stereocenters. The molecule has 0 spiro atoms. The first-order valence-corrected chi connectivity index (χ1v) is 9.04. The summed E-state index contributed by atoms with van der Waals surface area (Å²) in [4.78, 5) is 2.40. The van der Waals surface area contributed by atoms with E-state index in [2.05, 4.69) is 65.4 Å². The lowest BCUT2D eigenvalue weighted by Crippen LogP contribution is -2.46. The second kappa shape index (κ2) is 8.63. The largest absolute Gasteiger partial charge is 0.367 e. The van der Waals surface area contributed by atoms with Crippen LogP contribution in [0.5, 0.6) is 0 Å². The van der Waals surface area contributed by atoms with Gasteiger partial charge in [0.2, 0.25) is 0 Å². The van der Waals surface area contributed by atoms with Crippen LogP contribution in [0.4, 0.5) is 0 Å². The summed E-state index contributed by atoms with van der Waals surface area (Å²) in [5, 5.41) is 1.56. The van der Waals surface area contributed by atoms with Crippen LogP contribution in [0.3, 0.4) is 0 Å². The molecule has 0 amide bonds. The summed E-state index contributed by atoms with van der Waals surface area (Å²) in [6, 6.07) is 0. The maximum atomic E-state index is 4.12. The fourth-order valence-corrected chi connectivity index (χ4v) is 3.75. The molecule has 2 heterocycles. The molecule has 0 bridgehead atoms. The van der Waals surface area contributed by atoms with Gasteiger partial charge in [0.1, 0.15) is 0 Å². The lowest BCUT2D eigenvalue weighted by atomic mass is 9.86. The van der Waals surface area contributed by atoms with Crippen molar-refractivity contribution in [1.29, 1.82) is 0 Å².